The molecule has 1 N–H and O–H groups in total. The molecule has 1 fully saturated rings. The van der Waals surface area contributed by atoms with Gasteiger partial charge in [-0.05, 0) is 25.7 Å². The van der Waals surface area contributed by atoms with Crippen molar-refractivity contribution in [2.45, 2.75) is 38.7 Å². The minimum atomic E-state index is -0.772. The van der Waals surface area contributed by atoms with Crippen LogP contribution in [-0.4, -0.2) is 36.4 Å². The highest BCUT2D eigenvalue weighted by atomic mass is 17.2. The zero-order valence-corrected chi connectivity index (χ0v) is 11.7. The normalized spacial score (nSPS) is 23.9. The van der Waals surface area contributed by atoms with E-state index in [0.717, 1.165) is 25.3 Å². The Balaban J connectivity index is 2.23. The van der Waals surface area contributed by atoms with Crippen LogP contribution in [0.3, 0.4) is 0 Å². The van der Waals surface area contributed by atoms with Crippen LogP contribution in [0.5, 0.6) is 0 Å². The minimum absolute atomic E-state index is 0.0239. The molecule has 0 aromatic heterocycles. The van der Waals surface area contributed by atoms with Crippen molar-refractivity contribution in [3.63, 3.8) is 0 Å². The molecule has 20 heavy (non-hydrogen) atoms. The van der Waals surface area contributed by atoms with Gasteiger partial charge < -0.3 is 9.84 Å². The molecule has 1 aliphatic carbocycles. The van der Waals surface area contributed by atoms with E-state index in [0.29, 0.717) is 6.42 Å². The van der Waals surface area contributed by atoms with Crippen molar-refractivity contribution < 1.29 is 29.2 Å². The average molecular weight is 286 g/mol. The van der Waals surface area contributed by atoms with E-state index in [1.807, 2.05) is 0 Å². The SMILES string of the molecule is C=CC(=O)OCC(C)OOCC1CCCCC1C(=O)O. The summed E-state index contributed by atoms with van der Waals surface area (Å²) in [6, 6.07) is 0. The third kappa shape index (κ3) is 5.71. The first-order chi connectivity index (χ1) is 9.54. The van der Waals surface area contributed by atoms with Gasteiger partial charge in [-0.25, -0.2) is 14.6 Å². The Morgan fingerprint density at radius 3 is 2.75 bits per heavy atom. The lowest BCUT2D eigenvalue weighted by molar-refractivity contribution is -0.333. The first kappa shape index (κ1) is 16.7. The number of hydrogen-bond donors (Lipinski definition) is 1. The van der Waals surface area contributed by atoms with Gasteiger partial charge in [-0.2, -0.15) is 0 Å². The van der Waals surface area contributed by atoms with Crippen LogP contribution in [0.4, 0.5) is 0 Å². The number of carbonyl (C=O) groups excluding carboxylic acids is 1. The third-order valence-electron chi connectivity index (χ3n) is 3.37. The van der Waals surface area contributed by atoms with Gasteiger partial charge in [-0.3, -0.25) is 4.79 Å². The smallest absolute Gasteiger partial charge is 0.330 e. The summed E-state index contributed by atoms with van der Waals surface area (Å²) < 4.78 is 4.80. The molecule has 6 heteroatoms. The number of aliphatic carboxylic acids is 1. The van der Waals surface area contributed by atoms with Crippen LogP contribution in [0.2, 0.25) is 0 Å². The van der Waals surface area contributed by atoms with Gasteiger partial charge in [-0.15, -0.1) is 0 Å². The fourth-order valence-corrected chi connectivity index (χ4v) is 2.26. The van der Waals surface area contributed by atoms with Crippen molar-refractivity contribution in [3.05, 3.63) is 12.7 Å². The molecule has 3 atom stereocenters. The standard InChI is InChI=1S/C14H22O6/c1-3-13(15)18-8-10(2)20-19-9-11-6-4-5-7-12(11)14(16)17/h3,10-12H,1,4-9H2,2H3,(H,16,17). The van der Waals surface area contributed by atoms with Crippen molar-refractivity contribution in [2.75, 3.05) is 13.2 Å². The lowest BCUT2D eigenvalue weighted by Crippen LogP contribution is -2.31. The van der Waals surface area contributed by atoms with E-state index in [4.69, 9.17) is 19.6 Å². The summed E-state index contributed by atoms with van der Waals surface area (Å²) in [6.45, 7) is 5.30. The molecule has 0 spiro atoms. The Labute approximate surface area is 118 Å². The van der Waals surface area contributed by atoms with Crippen LogP contribution in [0.15, 0.2) is 12.7 Å². The maximum atomic E-state index is 11.1. The first-order valence-electron chi connectivity index (χ1n) is 6.84. The van der Waals surface area contributed by atoms with Crippen LogP contribution in [0, 0.1) is 11.8 Å². The number of hydrogen-bond acceptors (Lipinski definition) is 5. The molecule has 0 saturated heterocycles. The first-order valence-corrected chi connectivity index (χ1v) is 6.84. The maximum Gasteiger partial charge on any atom is 0.330 e. The second kappa shape index (κ2) is 8.71. The molecule has 1 aliphatic rings. The lowest BCUT2D eigenvalue weighted by Gasteiger charge is -2.28. The largest absolute Gasteiger partial charge is 0.481 e. The third-order valence-corrected chi connectivity index (χ3v) is 3.37. The van der Waals surface area contributed by atoms with Crippen LogP contribution in [0.25, 0.3) is 0 Å². The van der Waals surface area contributed by atoms with Crippen LogP contribution >= 0.6 is 0 Å². The summed E-state index contributed by atoms with van der Waals surface area (Å²) in [5, 5.41) is 9.13. The molecule has 3 unspecified atom stereocenters. The topological polar surface area (TPSA) is 82.1 Å². The summed E-state index contributed by atoms with van der Waals surface area (Å²) in [6.07, 6.45) is 4.15. The van der Waals surface area contributed by atoms with Gasteiger partial charge in [0.25, 0.3) is 0 Å². The van der Waals surface area contributed by atoms with Crippen molar-refractivity contribution in [2.24, 2.45) is 11.8 Å². The summed E-state index contributed by atoms with van der Waals surface area (Å²) in [5.74, 6) is -1.67. The van der Waals surface area contributed by atoms with E-state index in [-0.39, 0.29) is 25.0 Å². The quantitative estimate of drug-likeness (QED) is 0.318. The molecule has 1 saturated carbocycles. The molecule has 0 radical (unpaired) electrons. The molecule has 114 valence electrons. The van der Waals surface area contributed by atoms with Crippen molar-refractivity contribution in [1.82, 2.24) is 0 Å². The van der Waals surface area contributed by atoms with Gasteiger partial charge in [0.2, 0.25) is 0 Å². The highest BCUT2D eigenvalue weighted by molar-refractivity contribution is 5.81. The minimum Gasteiger partial charge on any atom is -0.481 e. The molecule has 0 heterocycles. The van der Waals surface area contributed by atoms with Crippen LogP contribution in [-0.2, 0) is 24.1 Å². The van der Waals surface area contributed by atoms with Crippen LogP contribution in [0.1, 0.15) is 32.6 Å². The second-order valence-corrected chi connectivity index (χ2v) is 5.01. The number of esters is 1. The number of carboxylic acid groups (broad SMARTS) is 1. The van der Waals surface area contributed by atoms with Crippen LogP contribution < -0.4 is 0 Å². The average Bonchev–Trinajstić information content (AvgIpc) is 2.45. The predicted octanol–water partition coefficient (Wildman–Crippen LogP) is 1.94. The summed E-state index contributed by atoms with van der Waals surface area (Å²) in [5.41, 5.74) is 0. The summed E-state index contributed by atoms with van der Waals surface area (Å²) in [7, 11) is 0. The van der Waals surface area contributed by atoms with Gasteiger partial charge in [-0.1, -0.05) is 19.4 Å². The molecule has 0 bridgehead atoms. The molecule has 1 rings (SSSR count). The zero-order valence-electron chi connectivity index (χ0n) is 11.7. The Morgan fingerprint density at radius 1 is 1.40 bits per heavy atom. The van der Waals surface area contributed by atoms with Gasteiger partial charge in [0.1, 0.15) is 12.7 Å². The highest BCUT2D eigenvalue weighted by Gasteiger charge is 2.31. The number of carbonyl (C=O) groups is 2. The van der Waals surface area contributed by atoms with E-state index in [9.17, 15) is 9.59 Å². The van der Waals surface area contributed by atoms with E-state index in [1.165, 1.54) is 0 Å². The lowest BCUT2D eigenvalue weighted by atomic mass is 9.80. The molecule has 0 amide bonds. The number of carboxylic acids is 1. The molecule has 6 nitrogen and oxygen atoms in total. The molecule has 0 aliphatic heterocycles. The van der Waals surface area contributed by atoms with Crippen molar-refractivity contribution >= 4 is 11.9 Å². The van der Waals surface area contributed by atoms with E-state index in [2.05, 4.69) is 6.58 Å². The number of ether oxygens (including phenoxy) is 1. The van der Waals surface area contributed by atoms with E-state index < -0.39 is 18.0 Å². The maximum absolute atomic E-state index is 11.1. The Kier molecular flexibility index (Phi) is 7.25. The monoisotopic (exact) mass is 286 g/mol. The molecular formula is C14H22O6. The van der Waals surface area contributed by atoms with Gasteiger partial charge in [0.15, 0.2) is 0 Å². The Bertz CT molecular complexity index is 341. The Hall–Kier alpha value is -1.40. The molecule has 0 aromatic rings. The van der Waals surface area contributed by atoms with Crippen molar-refractivity contribution in [3.8, 4) is 0 Å². The molecule has 0 aromatic carbocycles. The van der Waals surface area contributed by atoms with Gasteiger partial charge in [0.05, 0.1) is 12.5 Å². The summed E-state index contributed by atoms with van der Waals surface area (Å²) >= 11 is 0. The highest BCUT2D eigenvalue weighted by Crippen LogP contribution is 2.30. The van der Waals surface area contributed by atoms with Gasteiger partial charge in [0, 0.05) is 6.08 Å². The Morgan fingerprint density at radius 2 is 2.10 bits per heavy atom. The van der Waals surface area contributed by atoms with Gasteiger partial charge >= 0.3 is 11.9 Å². The second-order valence-electron chi connectivity index (χ2n) is 5.01. The molecular weight excluding hydrogens is 264 g/mol. The van der Waals surface area contributed by atoms with Crippen molar-refractivity contribution in [1.29, 1.82) is 0 Å². The summed E-state index contributed by atoms with van der Waals surface area (Å²) in [4.78, 5) is 32.1. The van der Waals surface area contributed by atoms with E-state index >= 15 is 0 Å². The number of rotatable bonds is 8. The van der Waals surface area contributed by atoms with E-state index in [1.54, 1.807) is 6.92 Å². The fraction of sp³-hybridized carbons (Fsp3) is 0.714. The zero-order chi connectivity index (χ0) is 15.0. The predicted molar refractivity (Wildman–Crippen MR) is 70.7 cm³/mol. The fourth-order valence-electron chi connectivity index (χ4n) is 2.26.